The van der Waals surface area contributed by atoms with E-state index in [0.717, 1.165) is 6.07 Å². The summed E-state index contributed by atoms with van der Waals surface area (Å²) in [7, 11) is 0. The average molecular weight is 430 g/mol. The van der Waals surface area contributed by atoms with Crippen LogP contribution in [0.25, 0.3) is 11.5 Å². The van der Waals surface area contributed by atoms with Gasteiger partial charge in [-0.15, -0.1) is 0 Å². The van der Waals surface area contributed by atoms with E-state index in [0.29, 0.717) is 5.56 Å². The number of oxazole rings is 1. The molecule has 0 spiro atoms. The van der Waals surface area contributed by atoms with E-state index in [-0.39, 0.29) is 33.7 Å². The Labute approximate surface area is 175 Å². The van der Waals surface area contributed by atoms with Gasteiger partial charge >= 0.3 is 5.97 Å². The second-order valence-electron chi connectivity index (χ2n) is 6.25. The van der Waals surface area contributed by atoms with E-state index in [4.69, 9.17) is 20.8 Å². The van der Waals surface area contributed by atoms with Crippen LogP contribution in [-0.2, 0) is 9.53 Å². The summed E-state index contributed by atoms with van der Waals surface area (Å²) in [6, 6.07) is 12.6. The highest BCUT2D eigenvalue weighted by molar-refractivity contribution is 6.34. The summed E-state index contributed by atoms with van der Waals surface area (Å²) in [5, 5.41) is 13.2. The predicted molar refractivity (Wildman–Crippen MR) is 108 cm³/mol. The van der Waals surface area contributed by atoms with Crippen molar-refractivity contribution >= 4 is 34.9 Å². The van der Waals surface area contributed by atoms with Crippen LogP contribution in [0.3, 0.4) is 0 Å². The molecule has 0 radical (unpaired) electrons. The molecule has 9 nitrogen and oxygen atoms in total. The van der Waals surface area contributed by atoms with Crippen molar-refractivity contribution in [3.63, 3.8) is 0 Å². The van der Waals surface area contributed by atoms with Gasteiger partial charge in [0, 0.05) is 17.7 Å². The number of halogens is 1. The molecule has 2 aromatic carbocycles. The number of carbonyl (C=O) groups excluding carboxylic acids is 2. The van der Waals surface area contributed by atoms with Crippen LogP contribution >= 0.6 is 11.6 Å². The highest BCUT2D eigenvalue weighted by Gasteiger charge is 2.25. The van der Waals surface area contributed by atoms with E-state index in [9.17, 15) is 19.7 Å². The smallest absolute Gasteiger partial charge is 0.361 e. The lowest BCUT2D eigenvalue weighted by Crippen LogP contribution is -2.30. The molecule has 10 heteroatoms. The fraction of sp³-hybridized carbons (Fsp3) is 0.150. The molecular formula is C20H16ClN3O6. The molecule has 0 aliphatic carbocycles. The minimum absolute atomic E-state index is 0.0177. The third kappa shape index (κ3) is 4.64. The first-order valence-electron chi connectivity index (χ1n) is 8.75. The Hall–Kier alpha value is -3.72. The van der Waals surface area contributed by atoms with Gasteiger partial charge in [0.05, 0.1) is 15.6 Å². The number of amides is 1. The molecule has 1 N–H and O–H groups in total. The monoisotopic (exact) mass is 429 g/mol. The van der Waals surface area contributed by atoms with Crippen LogP contribution in [0.4, 0.5) is 11.4 Å². The van der Waals surface area contributed by atoms with Crippen molar-refractivity contribution in [3.8, 4) is 11.5 Å². The molecule has 3 aromatic rings. The van der Waals surface area contributed by atoms with Crippen LogP contribution < -0.4 is 5.32 Å². The number of non-ortho nitro benzene ring substituents is 1. The number of esters is 1. The molecular weight excluding hydrogens is 414 g/mol. The molecule has 1 amide bonds. The van der Waals surface area contributed by atoms with Crippen molar-refractivity contribution in [2.75, 3.05) is 5.32 Å². The number of carbonyl (C=O) groups is 2. The first-order chi connectivity index (χ1) is 14.3. The predicted octanol–water partition coefficient (Wildman–Crippen LogP) is 4.40. The molecule has 1 aromatic heterocycles. The Balaban J connectivity index is 1.68. The Morgan fingerprint density at radius 1 is 1.23 bits per heavy atom. The summed E-state index contributed by atoms with van der Waals surface area (Å²) in [5.74, 6) is -0.973. The summed E-state index contributed by atoms with van der Waals surface area (Å²) in [6.45, 7) is 2.94. The van der Waals surface area contributed by atoms with E-state index < -0.39 is 22.9 Å². The van der Waals surface area contributed by atoms with Crippen molar-refractivity contribution in [3.05, 3.63) is 75.1 Å². The standard InChI is InChI=1S/C20H16ClN3O6/c1-11-17(23-19(29-11)13-6-4-3-5-7-13)20(26)30-12(2)18(25)22-16-9-8-14(24(27)28)10-15(16)21/h3-10,12H,1-2H3,(H,22,25)/t12-/m1/s1. The third-order valence-electron chi connectivity index (χ3n) is 4.09. The van der Waals surface area contributed by atoms with Crippen molar-refractivity contribution in [2.45, 2.75) is 20.0 Å². The summed E-state index contributed by atoms with van der Waals surface area (Å²) in [6.07, 6.45) is -1.18. The lowest BCUT2D eigenvalue weighted by Gasteiger charge is -2.13. The molecule has 1 heterocycles. The summed E-state index contributed by atoms with van der Waals surface area (Å²) in [4.78, 5) is 39.1. The fourth-order valence-corrected chi connectivity index (χ4v) is 2.74. The highest BCUT2D eigenvalue weighted by Crippen LogP contribution is 2.27. The number of nitrogens with zero attached hydrogens (tertiary/aromatic N) is 2. The Kier molecular flexibility index (Phi) is 6.12. The number of hydrogen-bond donors (Lipinski definition) is 1. The molecule has 0 aliphatic heterocycles. The van der Waals surface area contributed by atoms with Gasteiger partial charge in [-0.1, -0.05) is 29.8 Å². The first kappa shape index (κ1) is 21.0. The topological polar surface area (TPSA) is 125 Å². The van der Waals surface area contributed by atoms with Gasteiger partial charge in [0.25, 0.3) is 11.6 Å². The molecule has 30 heavy (non-hydrogen) atoms. The lowest BCUT2D eigenvalue weighted by atomic mass is 10.2. The van der Waals surface area contributed by atoms with Crippen LogP contribution in [0.15, 0.2) is 52.9 Å². The number of nitrogens with one attached hydrogen (secondary N) is 1. The molecule has 1 atom stereocenters. The molecule has 0 aliphatic rings. The van der Waals surface area contributed by atoms with Crippen LogP contribution in [0.5, 0.6) is 0 Å². The number of nitro groups is 1. The van der Waals surface area contributed by atoms with E-state index in [1.165, 1.54) is 19.1 Å². The zero-order chi connectivity index (χ0) is 21.8. The maximum atomic E-state index is 12.4. The van der Waals surface area contributed by atoms with E-state index in [2.05, 4.69) is 10.3 Å². The highest BCUT2D eigenvalue weighted by atomic mass is 35.5. The summed E-state index contributed by atoms with van der Waals surface area (Å²) < 4.78 is 10.7. The number of ether oxygens (including phenoxy) is 1. The third-order valence-corrected chi connectivity index (χ3v) is 4.40. The molecule has 0 unspecified atom stereocenters. The molecule has 0 fully saturated rings. The van der Waals surface area contributed by atoms with Gasteiger partial charge in [-0.25, -0.2) is 9.78 Å². The number of rotatable bonds is 6. The molecule has 0 saturated carbocycles. The number of aryl methyl sites for hydroxylation is 1. The van der Waals surface area contributed by atoms with E-state index >= 15 is 0 Å². The molecule has 0 bridgehead atoms. The number of aromatic nitrogens is 1. The summed E-state index contributed by atoms with van der Waals surface area (Å²) in [5.41, 5.74) is 0.590. The van der Waals surface area contributed by atoms with Gasteiger partial charge < -0.3 is 14.5 Å². The SMILES string of the molecule is Cc1oc(-c2ccccc2)nc1C(=O)O[C@H](C)C(=O)Nc1ccc([N+](=O)[O-])cc1Cl. The van der Waals surface area contributed by atoms with Crippen molar-refractivity contribution < 1.29 is 23.7 Å². The van der Waals surface area contributed by atoms with E-state index in [1.807, 2.05) is 18.2 Å². The first-order valence-corrected chi connectivity index (χ1v) is 9.12. The van der Waals surface area contributed by atoms with Crippen molar-refractivity contribution in [2.24, 2.45) is 0 Å². The van der Waals surface area contributed by atoms with Crippen LogP contribution in [0.2, 0.25) is 5.02 Å². The largest absolute Gasteiger partial charge is 0.448 e. The van der Waals surface area contributed by atoms with Crippen molar-refractivity contribution in [1.82, 2.24) is 4.98 Å². The average Bonchev–Trinajstić information content (AvgIpc) is 3.11. The second kappa shape index (κ2) is 8.75. The quantitative estimate of drug-likeness (QED) is 0.350. The van der Waals surface area contributed by atoms with Gasteiger partial charge in [-0.3, -0.25) is 14.9 Å². The number of anilines is 1. The minimum Gasteiger partial charge on any atom is -0.448 e. The normalized spacial score (nSPS) is 11.6. The van der Waals surface area contributed by atoms with Gasteiger partial charge in [0.15, 0.2) is 11.8 Å². The van der Waals surface area contributed by atoms with Gasteiger partial charge in [-0.05, 0) is 32.0 Å². The lowest BCUT2D eigenvalue weighted by molar-refractivity contribution is -0.384. The fourth-order valence-electron chi connectivity index (χ4n) is 2.51. The Morgan fingerprint density at radius 3 is 2.57 bits per heavy atom. The van der Waals surface area contributed by atoms with Crippen LogP contribution in [0, 0.1) is 17.0 Å². The van der Waals surface area contributed by atoms with Crippen LogP contribution in [-0.4, -0.2) is 27.9 Å². The Morgan fingerprint density at radius 2 is 1.93 bits per heavy atom. The Bertz CT molecular complexity index is 1110. The summed E-state index contributed by atoms with van der Waals surface area (Å²) >= 11 is 5.96. The van der Waals surface area contributed by atoms with Gasteiger partial charge in [-0.2, -0.15) is 0 Å². The van der Waals surface area contributed by atoms with Crippen molar-refractivity contribution in [1.29, 1.82) is 0 Å². The maximum absolute atomic E-state index is 12.4. The maximum Gasteiger partial charge on any atom is 0.361 e. The van der Waals surface area contributed by atoms with E-state index in [1.54, 1.807) is 19.1 Å². The van der Waals surface area contributed by atoms with Gasteiger partial charge in [0.2, 0.25) is 5.89 Å². The molecule has 3 rings (SSSR count). The minimum atomic E-state index is -1.18. The zero-order valence-electron chi connectivity index (χ0n) is 15.9. The van der Waals surface area contributed by atoms with Crippen LogP contribution in [0.1, 0.15) is 23.2 Å². The van der Waals surface area contributed by atoms with Gasteiger partial charge in [0.1, 0.15) is 5.76 Å². The number of hydrogen-bond acceptors (Lipinski definition) is 7. The second-order valence-corrected chi connectivity index (χ2v) is 6.66. The number of benzene rings is 2. The zero-order valence-corrected chi connectivity index (χ0v) is 16.7. The number of nitro benzene ring substituents is 1. The molecule has 154 valence electrons. The molecule has 0 saturated heterocycles.